The van der Waals surface area contributed by atoms with Crippen molar-refractivity contribution in [3.63, 3.8) is 0 Å². The molecule has 0 saturated carbocycles. The molecule has 4 heterocycles. The minimum absolute atomic E-state index is 0.215. The highest BCUT2D eigenvalue weighted by Gasteiger charge is 2.42. The second-order valence-electron chi connectivity index (χ2n) is 12.8. The summed E-state index contributed by atoms with van der Waals surface area (Å²) in [7, 11) is 0. The van der Waals surface area contributed by atoms with Gasteiger partial charge in [-0.25, -0.2) is 0 Å². The molecule has 4 aliphatic heterocycles. The number of nitrogens with zero attached hydrogens (tertiary/aromatic N) is 3. The predicted molar refractivity (Wildman–Crippen MR) is 198 cm³/mol. The van der Waals surface area contributed by atoms with Gasteiger partial charge in [0.25, 0.3) is 6.71 Å². The molecule has 0 unspecified atom stereocenters. The smallest absolute Gasteiger partial charge is 0.260 e. The molecule has 0 bridgehead atoms. The third-order valence-corrected chi connectivity index (χ3v) is 9.99. The molecule has 11 rings (SSSR count). The first-order chi connectivity index (χ1) is 25.2. The first-order valence-corrected chi connectivity index (χ1v) is 16.8. The molecule has 51 heavy (non-hydrogen) atoms. The highest BCUT2D eigenvalue weighted by molar-refractivity contribution is 6.98. The Balaban J connectivity index is 1.07. The Hall–Kier alpha value is -7.11. The summed E-state index contributed by atoms with van der Waals surface area (Å²) < 4.78 is 25.9. The van der Waals surface area contributed by atoms with Crippen LogP contribution in [0.4, 0.5) is 34.1 Å². The maximum absolute atomic E-state index is 10.2. The van der Waals surface area contributed by atoms with E-state index in [1.165, 1.54) is 0 Å². The van der Waals surface area contributed by atoms with Crippen LogP contribution in [-0.2, 0) is 0 Å². The van der Waals surface area contributed by atoms with Crippen molar-refractivity contribution in [3.8, 4) is 52.1 Å². The van der Waals surface area contributed by atoms with Gasteiger partial charge in [0.1, 0.15) is 29.1 Å². The molecule has 7 aromatic rings. The average molecular weight is 657 g/mol. The molecule has 0 radical (unpaired) electrons. The van der Waals surface area contributed by atoms with Crippen LogP contribution in [0.1, 0.15) is 5.56 Å². The molecular formula is C43H24BN3O4. The number of hydrogen-bond acceptors (Lipinski definition) is 7. The minimum atomic E-state index is -0.215. The molecule has 0 fully saturated rings. The topological polar surface area (TPSA) is 67.2 Å². The van der Waals surface area contributed by atoms with Crippen LogP contribution < -0.4 is 45.1 Å². The number of para-hydroxylation sites is 8. The zero-order valence-corrected chi connectivity index (χ0v) is 26.9. The van der Waals surface area contributed by atoms with Gasteiger partial charge in [0, 0.05) is 17.6 Å². The van der Waals surface area contributed by atoms with E-state index in [9.17, 15) is 5.26 Å². The minimum Gasteiger partial charge on any atom is -0.458 e. The quantitative estimate of drug-likeness (QED) is 0.172. The predicted octanol–water partition coefficient (Wildman–Crippen LogP) is 9.44. The van der Waals surface area contributed by atoms with Crippen molar-refractivity contribution >= 4 is 57.2 Å². The van der Waals surface area contributed by atoms with Crippen molar-refractivity contribution in [2.75, 3.05) is 9.80 Å². The summed E-state index contributed by atoms with van der Waals surface area (Å²) in [5.74, 6) is 5.75. The van der Waals surface area contributed by atoms with Crippen molar-refractivity contribution in [1.82, 2.24) is 0 Å². The normalized spacial score (nSPS) is 13.6. The molecule has 0 N–H and O–H groups in total. The molecule has 7 nitrogen and oxygen atoms in total. The Morgan fingerprint density at radius 3 is 1.33 bits per heavy atom. The molecule has 0 aliphatic carbocycles. The Labute approximate surface area is 293 Å². The van der Waals surface area contributed by atoms with Crippen LogP contribution in [0.15, 0.2) is 146 Å². The van der Waals surface area contributed by atoms with Crippen LogP contribution in [-0.4, -0.2) is 6.71 Å². The maximum Gasteiger partial charge on any atom is 0.260 e. The highest BCUT2D eigenvalue weighted by Crippen LogP contribution is 2.52. The Bertz CT molecular complexity index is 2570. The van der Waals surface area contributed by atoms with Gasteiger partial charge in [0.05, 0.1) is 39.7 Å². The van der Waals surface area contributed by atoms with Crippen molar-refractivity contribution in [2.45, 2.75) is 0 Å². The fourth-order valence-electron chi connectivity index (χ4n) is 7.79. The lowest BCUT2D eigenvalue weighted by atomic mass is 9.34. The van der Waals surface area contributed by atoms with E-state index < -0.39 is 0 Å². The zero-order chi connectivity index (χ0) is 33.6. The monoisotopic (exact) mass is 657 g/mol. The van der Waals surface area contributed by atoms with Gasteiger partial charge in [-0.05, 0) is 83.7 Å². The van der Waals surface area contributed by atoms with Crippen LogP contribution in [0.2, 0.25) is 0 Å². The lowest BCUT2D eigenvalue weighted by Gasteiger charge is -2.36. The second kappa shape index (κ2) is 10.4. The van der Waals surface area contributed by atoms with E-state index in [2.05, 4.69) is 76.5 Å². The molecule has 0 spiro atoms. The molecular weight excluding hydrogens is 633 g/mol. The first-order valence-electron chi connectivity index (χ1n) is 16.8. The fraction of sp³-hybridized carbons (Fsp3) is 0. The first kappa shape index (κ1) is 27.8. The van der Waals surface area contributed by atoms with Gasteiger partial charge in [0.2, 0.25) is 0 Å². The van der Waals surface area contributed by atoms with Crippen molar-refractivity contribution < 1.29 is 18.9 Å². The summed E-state index contributed by atoms with van der Waals surface area (Å²) in [4.78, 5) is 4.40. The standard InChI is InChI=1S/C43H24BN3O4/c45-25-26-17-22-39-42-43(26)51-41-24-28(47-33-11-3-7-15-37(33)49-38-16-8-4-12-34(38)47)19-21-30(41)44(42)29-20-18-27(23-40(29)50-39)46-31-9-1-5-13-35(31)48-36-14-6-2-10-32(36)46/h1-24H. The van der Waals surface area contributed by atoms with Gasteiger partial charge in [-0.1, -0.05) is 60.7 Å². The molecule has 7 aromatic carbocycles. The molecule has 4 aliphatic rings. The van der Waals surface area contributed by atoms with E-state index >= 15 is 0 Å². The van der Waals surface area contributed by atoms with E-state index in [1.54, 1.807) is 6.07 Å². The van der Waals surface area contributed by atoms with Gasteiger partial charge in [-0.3, -0.25) is 0 Å². The fourth-order valence-corrected chi connectivity index (χ4v) is 7.79. The molecule has 0 saturated heterocycles. The van der Waals surface area contributed by atoms with Crippen LogP contribution in [0, 0.1) is 11.3 Å². The molecule has 0 atom stereocenters. The van der Waals surface area contributed by atoms with Crippen LogP contribution in [0.5, 0.6) is 46.0 Å². The lowest BCUT2D eigenvalue weighted by Crippen LogP contribution is -2.57. The van der Waals surface area contributed by atoms with Gasteiger partial charge in [0.15, 0.2) is 23.0 Å². The van der Waals surface area contributed by atoms with E-state index in [1.807, 2.05) is 78.9 Å². The van der Waals surface area contributed by atoms with Crippen molar-refractivity contribution in [1.29, 1.82) is 5.26 Å². The van der Waals surface area contributed by atoms with Crippen LogP contribution >= 0.6 is 0 Å². The summed E-state index contributed by atoms with van der Waals surface area (Å²) in [6.45, 7) is -0.215. The Morgan fingerprint density at radius 1 is 0.431 bits per heavy atom. The number of anilines is 6. The molecule has 0 amide bonds. The van der Waals surface area contributed by atoms with Gasteiger partial charge >= 0.3 is 0 Å². The molecule has 8 heteroatoms. The SMILES string of the molecule is N#Cc1ccc2c3c1Oc1cc(N4c5ccccc5Oc5ccccc54)ccc1B3c1ccc(N3c4ccccc4Oc4ccccc43)cc1O2. The summed E-state index contributed by atoms with van der Waals surface area (Å²) in [5.41, 5.74) is 8.94. The number of fused-ring (bicyclic) bond motifs is 8. The number of rotatable bonds is 2. The average Bonchev–Trinajstić information content (AvgIpc) is 3.18. The Kier molecular flexibility index (Phi) is 5.70. The molecule has 238 valence electrons. The summed E-state index contributed by atoms with van der Waals surface area (Å²) in [5, 5.41) is 10.2. The van der Waals surface area contributed by atoms with E-state index in [0.717, 1.165) is 79.3 Å². The number of benzene rings is 7. The number of ether oxygens (including phenoxy) is 4. The third kappa shape index (κ3) is 4.00. The largest absolute Gasteiger partial charge is 0.458 e. The van der Waals surface area contributed by atoms with Crippen LogP contribution in [0.3, 0.4) is 0 Å². The van der Waals surface area contributed by atoms with E-state index in [-0.39, 0.29) is 6.71 Å². The molecule has 0 aromatic heterocycles. The van der Waals surface area contributed by atoms with E-state index in [4.69, 9.17) is 18.9 Å². The summed E-state index contributed by atoms with van der Waals surface area (Å²) in [6.07, 6.45) is 0. The van der Waals surface area contributed by atoms with Gasteiger partial charge in [-0.15, -0.1) is 0 Å². The van der Waals surface area contributed by atoms with Gasteiger partial charge < -0.3 is 28.7 Å². The highest BCUT2D eigenvalue weighted by atomic mass is 16.5. The maximum atomic E-state index is 10.2. The van der Waals surface area contributed by atoms with Gasteiger partial charge in [-0.2, -0.15) is 5.26 Å². The number of nitriles is 1. The van der Waals surface area contributed by atoms with Crippen LogP contribution in [0.25, 0.3) is 0 Å². The lowest BCUT2D eigenvalue weighted by molar-refractivity contribution is 0.463. The zero-order valence-electron chi connectivity index (χ0n) is 26.9. The summed E-state index contributed by atoms with van der Waals surface area (Å²) in [6, 6.07) is 50.8. The summed E-state index contributed by atoms with van der Waals surface area (Å²) >= 11 is 0. The van der Waals surface area contributed by atoms with E-state index in [0.29, 0.717) is 22.8 Å². The Morgan fingerprint density at radius 2 is 0.863 bits per heavy atom. The second-order valence-corrected chi connectivity index (χ2v) is 12.8. The third-order valence-electron chi connectivity index (χ3n) is 9.99. The van der Waals surface area contributed by atoms with Crippen molar-refractivity contribution in [3.05, 3.63) is 151 Å². The van der Waals surface area contributed by atoms with Crippen molar-refractivity contribution in [2.24, 2.45) is 0 Å². The number of hydrogen-bond donors (Lipinski definition) is 0.